The van der Waals surface area contributed by atoms with E-state index in [1.54, 1.807) is 0 Å². The summed E-state index contributed by atoms with van der Waals surface area (Å²) < 4.78 is 5.51. The summed E-state index contributed by atoms with van der Waals surface area (Å²) in [7, 11) is 0. The fourth-order valence-corrected chi connectivity index (χ4v) is 2.04. The van der Waals surface area contributed by atoms with E-state index in [4.69, 9.17) is 9.84 Å². The van der Waals surface area contributed by atoms with Gasteiger partial charge in [0, 0.05) is 26.0 Å². The molecule has 3 N–H and O–H groups in total. The second kappa shape index (κ2) is 7.84. The molecule has 3 amide bonds. The third kappa shape index (κ3) is 6.51. The van der Waals surface area contributed by atoms with Crippen molar-refractivity contribution in [3.8, 4) is 0 Å². The molecule has 0 aromatic carbocycles. The van der Waals surface area contributed by atoms with Crippen LogP contribution in [0.2, 0.25) is 0 Å². The average molecular weight is 286 g/mol. The topological polar surface area (TPSA) is 105 Å². The van der Waals surface area contributed by atoms with Crippen molar-refractivity contribution in [2.75, 3.05) is 13.2 Å². The molecule has 0 aromatic heterocycles. The van der Waals surface area contributed by atoms with Crippen LogP contribution in [0.1, 0.15) is 45.4 Å². The first-order valence-electron chi connectivity index (χ1n) is 6.85. The maximum atomic E-state index is 11.5. The standard InChI is InChI=1S/C13H22N2O5/c1-13(7-4-8-20-13)9-14-12(19)15-10(16)5-2-3-6-11(17)18/h2-9H2,1H3,(H,17,18)(H2,14,15,16,19). The normalized spacial score (nSPS) is 21.4. The van der Waals surface area contributed by atoms with Crippen LogP contribution in [0.4, 0.5) is 4.79 Å². The molecule has 0 spiro atoms. The minimum absolute atomic E-state index is 0.0369. The Balaban J connectivity index is 2.11. The Morgan fingerprint density at radius 1 is 1.25 bits per heavy atom. The number of hydrogen-bond donors (Lipinski definition) is 3. The molecule has 1 aliphatic rings. The zero-order valence-electron chi connectivity index (χ0n) is 11.7. The molecule has 1 saturated heterocycles. The number of carbonyl (C=O) groups excluding carboxylic acids is 2. The molecule has 1 fully saturated rings. The molecule has 1 aliphatic heterocycles. The Bertz CT molecular complexity index is 364. The quantitative estimate of drug-likeness (QED) is 0.606. The number of amides is 3. The van der Waals surface area contributed by atoms with Crippen LogP contribution in [-0.4, -0.2) is 41.8 Å². The number of ether oxygens (including phenoxy) is 1. The number of imide groups is 1. The van der Waals surface area contributed by atoms with Crippen molar-refractivity contribution >= 4 is 17.9 Å². The molecule has 20 heavy (non-hydrogen) atoms. The zero-order valence-corrected chi connectivity index (χ0v) is 11.7. The van der Waals surface area contributed by atoms with Crippen molar-refractivity contribution in [2.45, 2.75) is 51.0 Å². The van der Waals surface area contributed by atoms with E-state index in [-0.39, 0.29) is 18.4 Å². The molecule has 7 heteroatoms. The van der Waals surface area contributed by atoms with Crippen molar-refractivity contribution < 1.29 is 24.2 Å². The van der Waals surface area contributed by atoms with E-state index in [9.17, 15) is 14.4 Å². The van der Waals surface area contributed by atoms with Gasteiger partial charge in [-0.05, 0) is 32.6 Å². The summed E-state index contributed by atoms with van der Waals surface area (Å²) in [6.45, 7) is 2.99. The largest absolute Gasteiger partial charge is 0.481 e. The molecule has 0 bridgehead atoms. The smallest absolute Gasteiger partial charge is 0.321 e. The van der Waals surface area contributed by atoms with Gasteiger partial charge < -0.3 is 15.2 Å². The summed E-state index contributed by atoms with van der Waals surface area (Å²) in [5, 5.41) is 13.3. The Labute approximate surface area is 118 Å². The predicted molar refractivity (Wildman–Crippen MR) is 71.2 cm³/mol. The highest BCUT2D eigenvalue weighted by atomic mass is 16.5. The lowest BCUT2D eigenvalue weighted by Gasteiger charge is -2.23. The van der Waals surface area contributed by atoms with Gasteiger partial charge in [0.15, 0.2) is 0 Å². The third-order valence-electron chi connectivity index (χ3n) is 3.22. The molecule has 0 aromatic rings. The highest BCUT2D eigenvalue weighted by Crippen LogP contribution is 2.23. The molecule has 114 valence electrons. The van der Waals surface area contributed by atoms with E-state index in [0.29, 0.717) is 26.0 Å². The van der Waals surface area contributed by atoms with Crippen LogP contribution >= 0.6 is 0 Å². The van der Waals surface area contributed by atoms with Gasteiger partial charge in [-0.2, -0.15) is 0 Å². The van der Waals surface area contributed by atoms with Crippen LogP contribution in [0.15, 0.2) is 0 Å². The van der Waals surface area contributed by atoms with Crippen molar-refractivity contribution in [3.05, 3.63) is 0 Å². The molecule has 1 unspecified atom stereocenters. The average Bonchev–Trinajstić information content (AvgIpc) is 2.80. The summed E-state index contributed by atoms with van der Waals surface area (Å²) in [6.07, 6.45) is 2.92. The summed E-state index contributed by atoms with van der Waals surface area (Å²) in [6, 6.07) is -0.537. The fraction of sp³-hybridized carbons (Fsp3) is 0.769. The van der Waals surface area contributed by atoms with Crippen LogP contribution in [0.25, 0.3) is 0 Å². The molecule has 1 heterocycles. The van der Waals surface area contributed by atoms with Crippen LogP contribution in [-0.2, 0) is 14.3 Å². The summed E-state index contributed by atoms with van der Waals surface area (Å²) in [5.74, 6) is -1.28. The Morgan fingerprint density at radius 3 is 2.55 bits per heavy atom. The van der Waals surface area contributed by atoms with E-state index in [1.807, 2.05) is 6.92 Å². The van der Waals surface area contributed by atoms with E-state index in [0.717, 1.165) is 12.8 Å². The second-order valence-corrected chi connectivity index (χ2v) is 5.23. The highest BCUT2D eigenvalue weighted by molar-refractivity contribution is 5.94. The van der Waals surface area contributed by atoms with Crippen LogP contribution in [0, 0.1) is 0 Å². The maximum absolute atomic E-state index is 11.5. The number of carboxylic acid groups (broad SMARTS) is 1. The van der Waals surface area contributed by atoms with Crippen LogP contribution in [0.3, 0.4) is 0 Å². The number of carbonyl (C=O) groups is 3. The van der Waals surface area contributed by atoms with E-state index in [2.05, 4.69) is 10.6 Å². The number of urea groups is 1. The maximum Gasteiger partial charge on any atom is 0.321 e. The number of nitrogens with one attached hydrogen (secondary N) is 2. The van der Waals surface area contributed by atoms with Gasteiger partial charge in [0.2, 0.25) is 5.91 Å². The lowest BCUT2D eigenvalue weighted by atomic mass is 10.0. The van der Waals surface area contributed by atoms with Gasteiger partial charge in [-0.1, -0.05) is 0 Å². The summed E-state index contributed by atoms with van der Waals surface area (Å²) in [4.78, 5) is 33.2. The molecule has 0 saturated carbocycles. The van der Waals surface area contributed by atoms with Gasteiger partial charge in [0.1, 0.15) is 0 Å². The zero-order chi connectivity index (χ0) is 15.0. The van der Waals surface area contributed by atoms with E-state index in [1.165, 1.54) is 0 Å². The first kappa shape index (κ1) is 16.4. The Hall–Kier alpha value is -1.63. The van der Waals surface area contributed by atoms with Crippen molar-refractivity contribution in [1.29, 1.82) is 0 Å². The summed E-state index contributed by atoms with van der Waals surface area (Å²) >= 11 is 0. The Kier molecular flexibility index (Phi) is 6.44. The van der Waals surface area contributed by atoms with Crippen molar-refractivity contribution in [1.82, 2.24) is 10.6 Å². The number of rotatable bonds is 7. The minimum Gasteiger partial charge on any atom is -0.481 e. The van der Waals surface area contributed by atoms with Crippen LogP contribution < -0.4 is 10.6 Å². The second-order valence-electron chi connectivity index (χ2n) is 5.23. The fourth-order valence-electron chi connectivity index (χ4n) is 2.04. The van der Waals surface area contributed by atoms with Gasteiger partial charge in [-0.25, -0.2) is 4.79 Å². The predicted octanol–water partition coefficient (Wildman–Crippen LogP) is 1.03. The SMILES string of the molecule is CC1(CNC(=O)NC(=O)CCCCC(=O)O)CCCO1. The molecular formula is C13H22N2O5. The van der Waals surface area contributed by atoms with Gasteiger partial charge >= 0.3 is 12.0 Å². The van der Waals surface area contributed by atoms with Gasteiger partial charge in [0.25, 0.3) is 0 Å². The first-order chi connectivity index (χ1) is 9.41. The first-order valence-corrected chi connectivity index (χ1v) is 6.85. The molecular weight excluding hydrogens is 264 g/mol. The third-order valence-corrected chi connectivity index (χ3v) is 3.22. The molecule has 1 atom stereocenters. The van der Waals surface area contributed by atoms with E-state index >= 15 is 0 Å². The number of unbranched alkanes of at least 4 members (excludes halogenated alkanes) is 1. The molecule has 0 aliphatic carbocycles. The monoisotopic (exact) mass is 286 g/mol. The lowest BCUT2D eigenvalue weighted by molar-refractivity contribution is -0.137. The van der Waals surface area contributed by atoms with Gasteiger partial charge in [-0.3, -0.25) is 14.9 Å². The number of hydrogen-bond acceptors (Lipinski definition) is 4. The van der Waals surface area contributed by atoms with Crippen LogP contribution in [0.5, 0.6) is 0 Å². The number of carboxylic acids is 1. The van der Waals surface area contributed by atoms with Gasteiger partial charge in [-0.15, -0.1) is 0 Å². The van der Waals surface area contributed by atoms with E-state index < -0.39 is 17.9 Å². The highest BCUT2D eigenvalue weighted by Gasteiger charge is 2.30. The summed E-state index contributed by atoms with van der Waals surface area (Å²) in [5.41, 5.74) is -0.345. The lowest BCUT2D eigenvalue weighted by Crippen LogP contribution is -2.46. The van der Waals surface area contributed by atoms with Crippen molar-refractivity contribution in [3.63, 3.8) is 0 Å². The van der Waals surface area contributed by atoms with Gasteiger partial charge in [0.05, 0.1) is 5.60 Å². The van der Waals surface area contributed by atoms with Crippen molar-refractivity contribution in [2.24, 2.45) is 0 Å². The Morgan fingerprint density at radius 2 is 1.95 bits per heavy atom. The molecule has 7 nitrogen and oxygen atoms in total. The minimum atomic E-state index is -0.882. The molecule has 0 radical (unpaired) electrons. The number of aliphatic carboxylic acids is 1. The molecule has 1 rings (SSSR count).